The summed E-state index contributed by atoms with van der Waals surface area (Å²) in [5.41, 5.74) is 10.5. The maximum atomic E-state index is 13.4. The van der Waals surface area contributed by atoms with Crippen LogP contribution in [0.25, 0.3) is 22.2 Å². The molecule has 0 aliphatic heterocycles. The van der Waals surface area contributed by atoms with Crippen molar-refractivity contribution >= 4 is 28.3 Å². The van der Waals surface area contributed by atoms with Gasteiger partial charge in [0.25, 0.3) is 5.56 Å². The lowest BCUT2D eigenvalue weighted by Gasteiger charge is -2.20. The van der Waals surface area contributed by atoms with Gasteiger partial charge < -0.3 is 26.3 Å². The lowest BCUT2D eigenvalue weighted by Crippen LogP contribution is -2.38. The van der Waals surface area contributed by atoms with E-state index in [-0.39, 0.29) is 53.3 Å². The van der Waals surface area contributed by atoms with Crippen LogP contribution in [0.5, 0.6) is 0 Å². The Bertz CT molecular complexity index is 1630. The van der Waals surface area contributed by atoms with Crippen LogP contribution in [0.1, 0.15) is 25.0 Å². The number of aromatic nitrogens is 3. The molecule has 0 radical (unpaired) electrons. The van der Waals surface area contributed by atoms with Crippen molar-refractivity contribution < 1.29 is 22.7 Å². The molecule has 4 rings (SSSR count). The summed E-state index contributed by atoms with van der Waals surface area (Å²) in [6.45, 7) is 3.34. The van der Waals surface area contributed by atoms with E-state index in [1.54, 1.807) is 32.0 Å². The third kappa shape index (κ3) is 6.35. The van der Waals surface area contributed by atoms with E-state index in [0.29, 0.717) is 10.9 Å². The fourth-order valence-corrected chi connectivity index (χ4v) is 3.96. The number of hydrogen-bond donors (Lipinski definition) is 5. The van der Waals surface area contributed by atoms with E-state index < -0.39 is 29.3 Å². The zero-order valence-corrected chi connectivity index (χ0v) is 20.9. The minimum absolute atomic E-state index is 0.00554. The molecule has 0 saturated heterocycles. The molecular weight excluding hydrogens is 519 g/mol. The number of hydrogen-bond acceptors (Lipinski definition) is 10. The minimum Gasteiger partial charge on any atom is -0.408 e. The van der Waals surface area contributed by atoms with Gasteiger partial charge >= 0.3 is 11.9 Å². The average molecular weight is 546 g/mol. The summed E-state index contributed by atoms with van der Waals surface area (Å²) < 4.78 is 46.5. The number of rotatable bonds is 8. The molecule has 0 saturated carbocycles. The third-order valence-corrected chi connectivity index (χ3v) is 5.69. The first-order valence-corrected chi connectivity index (χ1v) is 11.8. The Kier molecular flexibility index (Phi) is 7.60. The first kappa shape index (κ1) is 27.6. The van der Waals surface area contributed by atoms with Gasteiger partial charge in [0.2, 0.25) is 0 Å². The predicted octanol–water partition coefficient (Wildman–Crippen LogP) is 2.52. The van der Waals surface area contributed by atoms with Gasteiger partial charge in [0.15, 0.2) is 5.82 Å². The fourth-order valence-electron chi connectivity index (χ4n) is 3.96. The molecule has 2 aromatic heterocycles. The highest BCUT2D eigenvalue weighted by molar-refractivity contribution is 5.86. The van der Waals surface area contributed by atoms with Gasteiger partial charge in [0.05, 0.1) is 29.4 Å². The quantitative estimate of drug-likeness (QED) is 0.163. The van der Waals surface area contributed by atoms with Crippen molar-refractivity contribution in [2.45, 2.75) is 45.4 Å². The van der Waals surface area contributed by atoms with Crippen LogP contribution in [-0.2, 0) is 19.3 Å². The predicted molar refractivity (Wildman–Crippen MR) is 140 cm³/mol. The number of aliphatic hydroxyl groups is 1. The summed E-state index contributed by atoms with van der Waals surface area (Å²) in [7, 11) is 0. The van der Waals surface area contributed by atoms with Gasteiger partial charge in [-0.3, -0.25) is 14.7 Å². The number of aliphatic hydroxyl groups excluding tert-OH is 1. The van der Waals surface area contributed by atoms with Crippen LogP contribution in [-0.4, -0.2) is 31.9 Å². The highest BCUT2D eigenvalue weighted by Gasteiger charge is 2.31. The first-order valence-electron chi connectivity index (χ1n) is 11.8. The van der Waals surface area contributed by atoms with E-state index in [9.17, 15) is 27.9 Å². The molecule has 2 aromatic carbocycles. The van der Waals surface area contributed by atoms with Crippen LogP contribution in [0.2, 0.25) is 0 Å². The molecule has 1 unspecified atom stereocenters. The standard InChI is InChI=1S/C25H26F3N7O4/c1-12(2)33-22-23(37)35(18(10-32-22)14-6-15(25(26,27)28)8-16(29)7-14)11-20(36)31-9-13-3-4-17-19(5-13)39-24(38)34-21(17)30/h3-8,10,12,20,31,36H,9,11,29H2,1-2H3,(H,32,33)(H2,30,34,38). The van der Waals surface area contributed by atoms with Gasteiger partial charge in [-0.05, 0) is 49.7 Å². The molecule has 0 bridgehead atoms. The maximum Gasteiger partial charge on any atom is 0.441 e. The second kappa shape index (κ2) is 10.7. The van der Waals surface area contributed by atoms with Gasteiger partial charge in [-0.2, -0.15) is 18.2 Å². The van der Waals surface area contributed by atoms with Crippen LogP contribution in [0.15, 0.2) is 56.6 Å². The first-order chi connectivity index (χ1) is 18.3. The molecule has 11 nitrogen and oxygen atoms in total. The van der Waals surface area contributed by atoms with Crippen molar-refractivity contribution in [3.8, 4) is 11.3 Å². The summed E-state index contributed by atoms with van der Waals surface area (Å²) in [5, 5.41) is 16.9. The van der Waals surface area contributed by atoms with Crippen molar-refractivity contribution in [1.29, 1.82) is 0 Å². The van der Waals surface area contributed by atoms with Gasteiger partial charge in [-0.15, -0.1) is 0 Å². The number of nitrogens with one attached hydrogen (secondary N) is 2. The molecule has 0 amide bonds. The van der Waals surface area contributed by atoms with E-state index in [1.165, 1.54) is 12.3 Å². The highest BCUT2D eigenvalue weighted by atomic mass is 19.4. The summed E-state index contributed by atoms with van der Waals surface area (Å²) in [4.78, 5) is 32.4. The van der Waals surface area contributed by atoms with Crippen molar-refractivity contribution in [2.75, 3.05) is 16.8 Å². The van der Waals surface area contributed by atoms with Gasteiger partial charge in [-0.25, -0.2) is 9.78 Å². The van der Waals surface area contributed by atoms with E-state index in [0.717, 1.165) is 16.7 Å². The SMILES string of the molecule is CC(C)Nc1ncc(-c2cc(N)cc(C(F)(F)F)c2)n(CC(O)NCc2ccc3c(N)nc(=O)oc3c2)c1=O. The molecule has 39 heavy (non-hydrogen) atoms. The summed E-state index contributed by atoms with van der Waals surface area (Å²) in [6.07, 6.45) is -4.73. The van der Waals surface area contributed by atoms with Gasteiger partial charge in [-0.1, -0.05) is 6.07 Å². The Morgan fingerprint density at radius 2 is 1.87 bits per heavy atom. The molecule has 0 aliphatic rings. The lowest BCUT2D eigenvalue weighted by atomic mass is 10.1. The Morgan fingerprint density at radius 3 is 2.56 bits per heavy atom. The minimum atomic E-state index is -4.66. The van der Waals surface area contributed by atoms with Crippen molar-refractivity contribution in [3.63, 3.8) is 0 Å². The number of fused-ring (bicyclic) bond motifs is 1. The Morgan fingerprint density at radius 1 is 1.13 bits per heavy atom. The summed E-state index contributed by atoms with van der Waals surface area (Å²) in [5.74, 6) is -0.862. The van der Waals surface area contributed by atoms with E-state index >= 15 is 0 Å². The molecule has 0 aliphatic carbocycles. The number of anilines is 3. The molecule has 1 atom stereocenters. The molecule has 206 valence electrons. The topological polar surface area (TPSA) is 174 Å². The number of benzene rings is 2. The number of nitrogens with zero attached hydrogens (tertiary/aromatic N) is 3. The second-order valence-electron chi connectivity index (χ2n) is 9.14. The van der Waals surface area contributed by atoms with Crippen LogP contribution in [0.4, 0.5) is 30.5 Å². The lowest BCUT2D eigenvalue weighted by molar-refractivity contribution is -0.137. The van der Waals surface area contributed by atoms with Crippen LogP contribution in [0, 0.1) is 0 Å². The van der Waals surface area contributed by atoms with E-state index in [4.69, 9.17) is 15.9 Å². The zero-order chi connectivity index (χ0) is 28.5. The monoisotopic (exact) mass is 545 g/mol. The molecule has 2 heterocycles. The Balaban J connectivity index is 1.65. The molecule has 0 fully saturated rings. The maximum absolute atomic E-state index is 13.4. The van der Waals surface area contributed by atoms with Crippen molar-refractivity contribution in [1.82, 2.24) is 19.9 Å². The Labute approximate surface area is 219 Å². The van der Waals surface area contributed by atoms with Crippen molar-refractivity contribution in [2.24, 2.45) is 0 Å². The van der Waals surface area contributed by atoms with Crippen LogP contribution in [0.3, 0.4) is 0 Å². The number of alkyl halides is 3. The summed E-state index contributed by atoms with van der Waals surface area (Å²) in [6, 6.07) is 7.63. The van der Waals surface area contributed by atoms with Crippen molar-refractivity contribution in [3.05, 3.63) is 74.6 Å². The molecule has 4 aromatic rings. The van der Waals surface area contributed by atoms with Crippen LogP contribution < -0.4 is 33.4 Å². The summed E-state index contributed by atoms with van der Waals surface area (Å²) >= 11 is 0. The normalized spacial score (nSPS) is 12.7. The number of nitrogen functional groups attached to an aromatic ring is 2. The van der Waals surface area contributed by atoms with Crippen LogP contribution >= 0.6 is 0 Å². The molecular formula is C25H26F3N7O4. The van der Waals surface area contributed by atoms with E-state index in [1.807, 2.05) is 0 Å². The van der Waals surface area contributed by atoms with Gasteiger partial charge in [0.1, 0.15) is 17.6 Å². The molecule has 14 heteroatoms. The molecule has 0 spiro atoms. The molecule has 7 N–H and O–H groups in total. The number of halogens is 3. The zero-order valence-electron chi connectivity index (χ0n) is 20.9. The van der Waals surface area contributed by atoms with E-state index in [2.05, 4.69) is 20.6 Å². The van der Waals surface area contributed by atoms with Gasteiger partial charge in [0, 0.05) is 23.8 Å². The Hall–Kier alpha value is -4.43. The second-order valence-corrected chi connectivity index (χ2v) is 9.14. The smallest absolute Gasteiger partial charge is 0.408 e. The number of nitrogens with two attached hydrogens (primary N) is 2. The largest absolute Gasteiger partial charge is 0.441 e. The average Bonchev–Trinajstić information content (AvgIpc) is 2.83. The fraction of sp³-hybridized carbons (Fsp3) is 0.280. The third-order valence-electron chi connectivity index (χ3n) is 5.69. The highest BCUT2D eigenvalue weighted by Crippen LogP contribution is 2.34.